The van der Waals surface area contributed by atoms with Gasteiger partial charge in [0.25, 0.3) is 0 Å². The maximum absolute atomic E-state index is 12.4. The molecule has 7 nitrogen and oxygen atoms in total. The van der Waals surface area contributed by atoms with Crippen LogP contribution in [-0.2, 0) is 9.53 Å². The lowest BCUT2D eigenvalue weighted by atomic mass is 10.1. The highest BCUT2D eigenvalue weighted by Gasteiger charge is 2.15. The fourth-order valence-corrected chi connectivity index (χ4v) is 2.80. The Balaban J connectivity index is 2.23. The van der Waals surface area contributed by atoms with Crippen LogP contribution in [0.15, 0.2) is 36.4 Å². The first-order valence-electron chi connectivity index (χ1n) is 9.01. The summed E-state index contributed by atoms with van der Waals surface area (Å²) in [6.07, 6.45) is 2.99. The zero-order valence-corrected chi connectivity index (χ0v) is 17.2. The Morgan fingerprint density at radius 1 is 1.00 bits per heavy atom. The Labute approximate surface area is 170 Å². The first kappa shape index (κ1) is 21.8. The van der Waals surface area contributed by atoms with Gasteiger partial charge in [-0.15, -0.1) is 0 Å². The molecule has 7 heteroatoms. The van der Waals surface area contributed by atoms with Gasteiger partial charge >= 0.3 is 5.97 Å². The van der Waals surface area contributed by atoms with E-state index >= 15 is 0 Å². The van der Waals surface area contributed by atoms with Crippen LogP contribution in [0.3, 0.4) is 0 Å². The van der Waals surface area contributed by atoms with Crippen LogP contribution in [0.1, 0.15) is 28.4 Å². The molecule has 0 saturated carbocycles. The van der Waals surface area contributed by atoms with Gasteiger partial charge in [0.1, 0.15) is 0 Å². The van der Waals surface area contributed by atoms with Crippen molar-refractivity contribution in [1.82, 2.24) is 0 Å². The van der Waals surface area contributed by atoms with Crippen LogP contribution < -0.4 is 19.5 Å². The molecule has 154 valence electrons. The number of nitrogens with one attached hydrogen (secondary N) is 1. The molecule has 2 rings (SSSR count). The van der Waals surface area contributed by atoms with Crippen molar-refractivity contribution in [2.24, 2.45) is 0 Å². The largest absolute Gasteiger partial charge is 0.493 e. The summed E-state index contributed by atoms with van der Waals surface area (Å²) >= 11 is 0. The number of hydrogen-bond acceptors (Lipinski definition) is 6. The number of carbonyl (C=O) groups is 2. The molecular formula is C22H25NO6. The average Bonchev–Trinajstić information content (AvgIpc) is 2.72. The monoisotopic (exact) mass is 399 g/mol. The quantitative estimate of drug-likeness (QED) is 0.536. The number of esters is 1. The molecular weight excluding hydrogens is 374 g/mol. The topological polar surface area (TPSA) is 83.1 Å². The number of methoxy groups -OCH3 is 3. The predicted molar refractivity (Wildman–Crippen MR) is 111 cm³/mol. The van der Waals surface area contributed by atoms with Crippen molar-refractivity contribution < 1.29 is 28.5 Å². The molecule has 0 atom stereocenters. The molecule has 2 aromatic carbocycles. The molecule has 0 unspecified atom stereocenters. The molecule has 0 aliphatic carbocycles. The second-order valence-corrected chi connectivity index (χ2v) is 5.94. The van der Waals surface area contributed by atoms with Gasteiger partial charge in [-0.2, -0.15) is 0 Å². The fraction of sp³-hybridized carbons (Fsp3) is 0.273. The van der Waals surface area contributed by atoms with Gasteiger partial charge in [-0.05, 0) is 49.8 Å². The Kier molecular flexibility index (Phi) is 7.65. The number of ether oxygens (including phenoxy) is 4. The summed E-state index contributed by atoms with van der Waals surface area (Å²) in [6.45, 7) is 3.78. The van der Waals surface area contributed by atoms with E-state index in [-0.39, 0.29) is 12.5 Å². The normalized spacial score (nSPS) is 10.5. The number of anilines is 1. The minimum atomic E-state index is -0.424. The molecule has 0 fully saturated rings. The minimum absolute atomic E-state index is 0.282. The van der Waals surface area contributed by atoms with Gasteiger partial charge in [-0.1, -0.05) is 6.07 Å². The Bertz CT molecular complexity index is 920. The summed E-state index contributed by atoms with van der Waals surface area (Å²) in [5.74, 6) is 0.641. The SMILES string of the molecule is CCOC(=O)c1cccc(NC(=O)/C=C/c2ccc(OC)c(OC)c2OC)c1C. The first-order valence-corrected chi connectivity index (χ1v) is 9.01. The van der Waals surface area contributed by atoms with Crippen LogP contribution in [0, 0.1) is 6.92 Å². The molecule has 29 heavy (non-hydrogen) atoms. The molecule has 0 aliphatic heterocycles. The van der Waals surface area contributed by atoms with Gasteiger partial charge < -0.3 is 24.3 Å². The number of amides is 1. The molecule has 1 N–H and O–H groups in total. The van der Waals surface area contributed by atoms with Crippen LogP contribution in [0.4, 0.5) is 5.69 Å². The molecule has 0 aromatic heterocycles. The van der Waals surface area contributed by atoms with E-state index in [9.17, 15) is 9.59 Å². The minimum Gasteiger partial charge on any atom is -0.493 e. The number of rotatable bonds is 8. The van der Waals surface area contributed by atoms with Crippen molar-refractivity contribution in [2.75, 3.05) is 33.3 Å². The fourth-order valence-electron chi connectivity index (χ4n) is 2.80. The summed E-state index contributed by atoms with van der Waals surface area (Å²) in [7, 11) is 4.56. The number of carbonyl (C=O) groups excluding carboxylic acids is 2. The molecule has 2 aromatic rings. The van der Waals surface area contributed by atoms with E-state index in [2.05, 4.69) is 5.32 Å². The van der Waals surface area contributed by atoms with E-state index in [0.717, 1.165) is 0 Å². The zero-order chi connectivity index (χ0) is 21.4. The number of hydrogen-bond donors (Lipinski definition) is 1. The van der Waals surface area contributed by atoms with E-state index in [4.69, 9.17) is 18.9 Å². The second kappa shape index (κ2) is 10.2. The van der Waals surface area contributed by atoms with Crippen LogP contribution in [0.5, 0.6) is 17.2 Å². The molecule has 0 bridgehead atoms. The van der Waals surface area contributed by atoms with E-state index in [1.807, 2.05) is 0 Å². The van der Waals surface area contributed by atoms with E-state index in [0.29, 0.717) is 39.6 Å². The van der Waals surface area contributed by atoms with Crippen molar-refractivity contribution in [3.63, 3.8) is 0 Å². The van der Waals surface area contributed by atoms with Gasteiger partial charge in [0, 0.05) is 17.3 Å². The number of benzene rings is 2. The van der Waals surface area contributed by atoms with Gasteiger partial charge in [-0.3, -0.25) is 4.79 Å². The van der Waals surface area contributed by atoms with Crippen molar-refractivity contribution in [3.8, 4) is 17.2 Å². The van der Waals surface area contributed by atoms with Crippen molar-refractivity contribution in [1.29, 1.82) is 0 Å². The highest BCUT2D eigenvalue weighted by molar-refractivity contribution is 6.03. The lowest BCUT2D eigenvalue weighted by Gasteiger charge is -2.14. The van der Waals surface area contributed by atoms with Crippen LogP contribution in [0.25, 0.3) is 6.08 Å². The molecule has 0 heterocycles. The summed E-state index contributed by atoms with van der Waals surface area (Å²) in [5, 5.41) is 2.78. The third-order valence-electron chi connectivity index (χ3n) is 4.24. The maximum Gasteiger partial charge on any atom is 0.338 e. The Morgan fingerprint density at radius 3 is 2.34 bits per heavy atom. The lowest BCUT2D eigenvalue weighted by molar-refractivity contribution is -0.111. The van der Waals surface area contributed by atoms with Crippen LogP contribution in [0.2, 0.25) is 0 Å². The second-order valence-electron chi connectivity index (χ2n) is 5.94. The van der Waals surface area contributed by atoms with Crippen LogP contribution >= 0.6 is 0 Å². The van der Waals surface area contributed by atoms with Crippen molar-refractivity contribution >= 4 is 23.6 Å². The summed E-state index contributed by atoms with van der Waals surface area (Å²) in [5.41, 5.74) is 2.23. The Morgan fingerprint density at radius 2 is 1.72 bits per heavy atom. The van der Waals surface area contributed by atoms with Gasteiger partial charge in [0.2, 0.25) is 11.7 Å². The average molecular weight is 399 g/mol. The Hall–Kier alpha value is -3.48. The standard InChI is InChI=1S/C22H25NO6/c1-6-29-22(25)16-8-7-9-17(14(16)2)23-19(24)13-11-15-10-12-18(26-3)21(28-5)20(15)27-4/h7-13H,6H2,1-5H3,(H,23,24)/b13-11+. The predicted octanol–water partition coefficient (Wildman–Crippen LogP) is 3.85. The van der Waals surface area contributed by atoms with Crippen molar-refractivity contribution in [3.05, 3.63) is 53.1 Å². The smallest absolute Gasteiger partial charge is 0.338 e. The van der Waals surface area contributed by atoms with Gasteiger partial charge in [-0.25, -0.2) is 4.79 Å². The lowest BCUT2D eigenvalue weighted by Crippen LogP contribution is -2.12. The molecule has 0 spiro atoms. The highest BCUT2D eigenvalue weighted by Crippen LogP contribution is 2.40. The zero-order valence-electron chi connectivity index (χ0n) is 17.2. The maximum atomic E-state index is 12.4. The molecule has 0 saturated heterocycles. The van der Waals surface area contributed by atoms with Crippen LogP contribution in [-0.4, -0.2) is 39.8 Å². The molecule has 1 amide bonds. The van der Waals surface area contributed by atoms with Gasteiger partial charge in [0.05, 0.1) is 33.5 Å². The van der Waals surface area contributed by atoms with E-state index < -0.39 is 5.97 Å². The first-order chi connectivity index (χ1) is 14.0. The summed E-state index contributed by atoms with van der Waals surface area (Å²) in [4.78, 5) is 24.4. The third kappa shape index (κ3) is 5.07. The molecule has 0 radical (unpaired) electrons. The van der Waals surface area contributed by atoms with E-state index in [1.54, 1.807) is 50.3 Å². The molecule has 0 aliphatic rings. The summed E-state index contributed by atoms with van der Waals surface area (Å²) < 4.78 is 21.0. The summed E-state index contributed by atoms with van der Waals surface area (Å²) in [6, 6.07) is 8.56. The van der Waals surface area contributed by atoms with Gasteiger partial charge in [0.15, 0.2) is 11.5 Å². The van der Waals surface area contributed by atoms with Crippen molar-refractivity contribution in [2.45, 2.75) is 13.8 Å². The third-order valence-corrected chi connectivity index (χ3v) is 4.24. The van der Waals surface area contributed by atoms with E-state index in [1.165, 1.54) is 27.4 Å². The highest BCUT2D eigenvalue weighted by atomic mass is 16.5.